The Hall–Kier alpha value is -2.40. The number of amides is 1. The first kappa shape index (κ1) is 19.9. The van der Waals surface area contributed by atoms with E-state index in [1.165, 1.54) is 18.4 Å². The van der Waals surface area contributed by atoms with Crippen molar-refractivity contribution in [1.29, 1.82) is 0 Å². The Balaban J connectivity index is 1.30. The molecule has 2 aliphatic heterocycles. The van der Waals surface area contributed by atoms with Gasteiger partial charge in [-0.2, -0.15) is 0 Å². The SMILES string of the molecule is COc1ccc(CN2CCC3(CCC(=O)N(CCc4ccccn4)C3)CC2)cc1. The Kier molecular flexibility index (Phi) is 6.14. The number of piperidine rings is 2. The molecule has 0 saturated carbocycles. The highest BCUT2D eigenvalue weighted by molar-refractivity contribution is 5.77. The first-order valence-corrected chi connectivity index (χ1v) is 10.7. The highest BCUT2D eigenvalue weighted by Gasteiger charge is 2.40. The summed E-state index contributed by atoms with van der Waals surface area (Å²) < 4.78 is 5.25. The molecule has 154 valence electrons. The number of methoxy groups -OCH3 is 1. The van der Waals surface area contributed by atoms with Gasteiger partial charge in [0.2, 0.25) is 5.91 Å². The minimum atomic E-state index is 0.300. The lowest BCUT2D eigenvalue weighted by atomic mass is 9.72. The summed E-state index contributed by atoms with van der Waals surface area (Å²) in [5.41, 5.74) is 2.70. The quantitative estimate of drug-likeness (QED) is 0.753. The van der Waals surface area contributed by atoms with Gasteiger partial charge in [0.15, 0.2) is 0 Å². The number of likely N-dealkylation sites (tertiary alicyclic amines) is 2. The smallest absolute Gasteiger partial charge is 0.222 e. The van der Waals surface area contributed by atoms with E-state index >= 15 is 0 Å². The van der Waals surface area contributed by atoms with Crippen LogP contribution in [0, 0.1) is 5.41 Å². The molecule has 2 fully saturated rings. The standard InChI is InChI=1S/C24H31N3O2/c1-29-22-7-5-20(6-8-22)18-26-16-12-24(13-17-26)11-9-23(28)27(19-24)15-10-21-4-2-3-14-25-21/h2-8,14H,9-13,15-19H2,1H3. The van der Waals surface area contributed by atoms with Crippen LogP contribution in [0.15, 0.2) is 48.7 Å². The molecule has 2 aliphatic rings. The molecule has 1 spiro atoms. The van der Waals surface area contributed by atoms with Crippen molar-refractivity contribution >= 4 is 5.91 Å². The maximum Gasteiger partial charge on any atom is 0.222 e. The van der Waals surface area contributed by atoms with Crippen LogP contribution >= 0.6 is 0 Å². The lowest BCUT2D eigenvalue weighted by molar-refractivity contribution is -0.139. The van der Waals surface area contributed by atoms with E-state index in [0.29, 0.717) is 17.7 Å². The first-order valence-electron chi connectivity index (χ1n) is 10.7. The fraction of sp³-hybridized carbons (Fsp3) is 0.500. The molecule has 0 unspecified atom stereocenters. The summed E-state index contributed by atoms with van der Waals surface area (Å²) in [4.78, 5) is 21.5. The van der Waals surface area contributed by atoms with E-state index in [0.717, 1.165) is 57.0 Å². The summed E-state index contributed by atoms with van der Waals surface area (Å²) in [5, 5.41) is 0. The highest BCUT2D eigenvalue weighted by atomic mass is 16.5. The minimum Gasteiger partial charge on any atom is -0.497 e. The van der Waals surface area contributed by atoms with Gasteiger partial charge in [-0.05, 0) is 67.6 Å². The molecule has 3 heterocycles. The van der Waals surface area contributed by atoms with E-state index in [1.807, 2.05) is 36.5 Å². The van der Waals surface area contributed by atoms with E-state index in [9.17, 15) is 4.79 Å². The van der Waals surface area contributed by atoms with Crippen LogP contribution in [0.2, 0.25) is 0 Å². The molecule has 0 atom stereocenters. The molecule has 29 heavy (non-hydrogen) atoms. The van der Waals surface area contributed by atoms with Crippen LogP contribution in [0.3, 0.4) is 0 Å². The zero-order chi connectivity index (χ0) is 20.1. The van der Waals surface area contributed by atoms with Gasteiger partial charge >= 0.3 is 0 Å². The fourth-order valence-electron chi connectivity index (χ4n) is 4.68. The molecular weight excluding hydrogens is 362 g/mol. The maximum atomic E-state index is 12.5. The molecule has 0 N–H and O–H groups in total. The number of carbonyl (C=O) groups is 1. The van der Waals surface area contributed by atoms with Crippen molar-refractivity contribution in [1.82, 2.24) is 14.8 Å². The number of aromatic nitrogens is 1. The van der Waals surface area contributed by atoms with Gasteiger partial charge in [0.25, 0.3) is 0 Å². The average Bonchev–Trinajstić information content (AvgIpc) is 2.77. The number of carbonyl (C=O) groups excluding carboxylic acids is 1. The minimum absolute atomic E-state index is 0.300. The van der Waals surface area contributed by atoms with Crippen molar-refractivity contribution in [2.45, 2.75) is 38.6 Å². The lowest BCUT2D eigenvalue weighted by Crippen LogP contribution is -2.51. The van der Waals surface area contributed by atoms with Gasteiger partial charge in [-0.15, -0.1) is 0 Å². The van der Waals surface area contributed by atoms with Gasteiger partial charge < -0.3 is 9.64 Å². The van der Waals surface area contributed by atoms with E-state index in [4.69, 9.17) is 4.74 Å². The zero-order valence-corrected chi connectivity index (χ0v) is 17.3. The topological polar surface area (TPSA) is 45.7 Å². The third kappa shape index (κ3) is 4.96. The maximum absolute atomic E-state index is 12.5. The number of hydrogen-bond donors (Lipinski definition) is 0. The lowest BCUT2D eigenvalue weighted by Gasteiger charge is -2.47. The van der Waals surface area contributed by atoms with Crippen LogP contribution in [0.5, 0.6) is 5.75 Å². The largest absolute Gasteiger partial charge is 0.497 e. The van der Waals surface area contributed by atoms with Crippen molar-refractivity contribution in [3.05, 3.63) is 59.9 Å². The van der Waals surface area contributed by atoms with Crippen molar-refractivity contribution in [2.75, 3.05) is 33.3 Å². The Morgan fingerprint density at radius 2 is 1.86 bits per heavy atom. The van der Waals surface area contributed by atoms with Crippen LogP contribution < -0.4 is 4.74 Å². The van der Waals surface area contributed by atoms with Gasteiger partial charge in [-0.1, -0.05) is 18.2 Å². The van der Waals surface area contributed by atoms with E-state index in [-0.39, 0.29) is 0 Å². The van der Waals surface area contributed by atoms with Crippen molar-refractivity contribution in [2.24, 2.45) is 5.41 Å². The molecule has 1 aromatic heterocycles. The van der Waals surface area contributed by atoms with Gasteiger partial charge in [-0.3, -0.25) is 14.7 Å². The van der Waals surface area contributed by atoms with Crippen molar-refractivity contribution in [3.8, 4) is 5.75 Å². The molecule has 2 aromatic rings. The van der Waals surface area contributed by atoms with Crippen molar-refractivity contribution in [3.63, 3.8) is 0 Å². The first-order chi connectivity index (χ1) is 14.2. The second-order valence-corrected chi connectivity index (χ2v) is 8.51. The van der Waals surface area contributed by atoms with Gasteiger partial charge in [0.1, 0.15) is 5.75 Å². The third-order valence-electron chi connectivity index (χ3n) is 6.59. The predicted molar refractivity (Wildman–Crippen MR) is 114 cm³/mol. The number of benzene rings is 1. The second-order valence-electron chi connectivity index (χ2n) is 8.51. The molecule has 4 rings (SSSR count). The number of nitrogens with zero attached hydrogens (tertiary/aromatic N) is 3. The highest BCUT2D eigenvalue weighted by Crippen LogP contribution is 2.40. The molecule has 5 heteroatoms. The summed E-state index contributed by atoms with van der Waals surface area (Å²) in [6.07, 6.45) is 6.76. The molecule has 2 saturated heterocycles. The van der Waals surface area contributed by atoms with Gasteiger partial charge in [0.05, 0.1) is 7.11 Å². The summed E-state index contributed by atoms with van der Waals surface area (Å²) in [5.74, 6) is 1.22. The molecule has 0 bridgehead atoms. The Morgan fingerprint density at radius 1 is 1.07 bits per heavy atom. The second kappa shape index (κ2) is 8.95. The van der Waals surface area contributed by atoms with E-state index in [1.54, 1.807) is 7.11 Å². The average molecular weight is 394 g/mol. The third-order valence-corrected chi connectivity index (χ3v) is 6.59. The molecule has 5 nitrogen and oxygen atoms in total. The Bertz CT molecular complexity index is 799. The van der Waals surface area contributed by atoms with Crippen LogP contribution in [0.25, 0.3) is 0 Å². The van der Waals surface area contributed by atoms with Gasteiger partial charge in [0, 0.05) is 44.4 Å². The van der Waals surface area contributed by atoms with Crippen molar-refractivity contribution < 1.29 is 9.53 Å². The van der Waals surface area contributed by atoms with Crippen LogP contribution in [-0.2, 0) is 17.8 Å². The number of ether oxygens (including phenoxy) is 1. The monoisotopic (exact) mass is 393 g/mol. The van der Waals surface area contributed by atoms with Crippen LogP contribution in [0.1, 0.15) is 36.9 Å². The zero-order valence-electron chi connectivity index (χ0n) is 17.3. The summed E-state index contributed by atoms with van der Waals surface area (Å²) >= 11 is 0. The molecule has 1 aromatic carbocycles. The van der Waals surface area contributed by atoms with E-state index < -0.39 is 0 Å². The Labute approximate surface area is 173 Å². The van der Waals surface area contributed by atoms with Gasteiger partial charge in [-0.25, -0.2) is 0 Å². The summed E-state index contributed by atoms with van der Waals surface area (Å²) in [6, 6.07) is 14.4. The Morgan fingerprint density at radius 3 is 2.55 bits per heavy atom. The van der Waals surface area contributed by atoms with Crippen LogP contribution in [0.4, 0.5) is 0 Å². The molecule has 1 amide bonds. The summed E-state index contributed by atoms with van der Waals surface area (Å²) in [6.45, 7) is 4.90. The molecule has 0 aliphatic carbocycles. The molecular formula is C24H31N3O2. The number of hydrogen-bond acceptors (Lipinski definition) is 4. The number of pyridine rings is 1. The normalized spacial score (nSPS) is 19.5. The summed E-state index contributed by atoms with van der Waals surface area (Å²) in [7, 11) is 1.70. The predicted octanol–water partition coefficient (Wildman–Crippen LogP) is 3.54. The number of rotatable bonds is 6. The fourth-order valence-corrected chi connectivity index (χ4v) is 4.68. The van der Waals surface area contributed by atoms with Crippen LogP contribution in [-0.4, -0.2) is 54.0 Å². The van der Waals surface area contributed by atoms with E-state index in [2.05, 4.69) is 26.9 Å². The molecule has 0 radical (unpaired) electrons.